The Balaban J connectivity index is 1.36. The van der Waals surface area contributed by atoms with Gasteiger partial charge in [0.2, 0.25) is 0 Å². The summed E-state index contributed by atoms with van der Waals surface area (Å²) in [7, 11) is 0. The van der Waals surface area contributed by atoms with Crippen LogP contribution in [0.15, 0.2) is 42.9 Å². The summed E-state index contributed by atoms with van der Waals surface area (Å²) < 4.78 is 1.82. The van der Waals surface area contributed by atoms with Crippen molar-refractivity contribution >= 4 is 6.03 Å². The molecule has 2 aromatic rings. The molecule has 3 heterocycles. The van der Waals surface area contributed by atoms with Gasteiger partial charge >= 0.3 is 6.03 Å². The van der Waals surface area contributed by atoms with Crippen LogP contribution in [-0.2, 0) is 13.1 Å². The molecule has 0 saturated carbocycles. The molecule has 0 spiro atoms. The van der Waals surface area contributed by atoms with Gasteiger partial charge in [0, 0.05) is 50.3 Å². The van der Waals surface area contributed by atoms with Crippen molar-refractivity contribution in [2.45, 2.75) is 44.9 Å². The van der Waals surface area contributed by atoms with E-state index in [4.69, 9.17) is 0 Å². The molecule has 1 aliphatic heterocycles. The van der Waals surface area contributed by atoms with Crippen molar-refractivity contribution in [3.63, 3.8) is 0 Å². The summed E-state index contributed by atoms with van der Waals surface area (Å²) >= 11 is 0. The van der Waals surface area contributed by atoms with Crippen molar-refractivity contribution in [2.75, 3.05) is 13.1 Å². The molecule has 3 rings (SSSR count). The molecule has 7 nitrogen and oxygen atoms in total. The number of hydrogen-bond acceptors (Lipinski definition) is 4. The van der Waals surface area contributed by atoms with Gasteiger partial charge in [-0.3, -0.25) is 14.6 Å². The molecule has 0 radical (unpaired) electrons. The monoisotopic (exact) mass is 342 g/mol. The Kier molecular flexibility index (Phi) is 6.00. The normalized spacial score (nSPS) is 17.2. The molecule has 2 N–H and O–H groups in total. The number of nitrogens with zero attached hydrogens (tertiary/aromatic N) is 4. The van der Waals surface area contributed by atoms with Crippen molar-refractivity contribution in [1.29, 1.82) is 0 Å². The van der Waals surface area contributed by atoms with Crippen LogP contribution in [0.2, 0.25) is 0 Å². The maximum atomic E-state index is 12.1. The van der Waals surface area contributed by atoms with Gasteiger partial charge in [-0.2, -0.15) is 5.10 Å². The molecule has 0 bridgehead atoms. The number of pyridine rings is 1. The van der Waals surface area contributed by atoms with E-state index in [2.05, 4.69) is 31.7 Å². The van der Waals surface area contributed by atoms with E-state index in [0.29, 0.717) is 6.54 Å². The van der Waals surface area contributed by atoms with Crippen molar-refractivity contribution in [3.8, 4) is 0 Å². The fourth-order valence-electron chi connectivity index (χ4n) is 3.14. The standard InChI is InChI=1S/C18H26N6O/c1-15(13-24-10-4-9-20-24)21-18(25)22-16-6-11-23(12-7-16)14-17-5-2-3-8-19-17/h2-5,8-10,15-16H,6-7,11-14H2,1H3,(H2,21,22,25). The third kappa shape index (κ3) is 5.56. The van der Waals surface area contributed by atoms with Crippen LogP contribution in [-0.4, -0.2) is 50.9 Å². The van der Waals surface area contributed by atoms with Gasteiger partial charge in [-0.05, 0) is 38.0 Å². The third-order valence-corrected chi connectivity index (χ3v) is 4.43. The third-order valence-electron chi connectivity index (χ3n) is 4.43. The summed E-state index contributed by atoms with van der Waals surface area (Å²) in [4.78, 5) is 18.9. The van der Waals surface area contributed by atoms with Crippen LogP contribution >= 0.6 is 0 Å². The van der Waals surface area contributed by atoms with Gasteiger partial charge in [-0.25, -0.2) is 4.79 Å². The second-order valence-corrected chi connectivity index (χ2v) is 6.62. The van der Waals surface area contributed by atoms with E-state index < -0.39 is 0 Å². The molecular formula is C18H26N6O. The summed E-state index contributed by atoms with van der Waals surface area (Å²) in [5.41, 5.74) is 1.10. The van der Waals surface area contributed by atoms with Crippen molar-refractivity contribution in [2.24, 2.45) is 0 Å². The lowest BCUT2D eigenvalue weighted by Crippen LogP contribution is -2.50. The first-order valence-electron chi connectivity index (χ1n) is 8.86. The first-order valence-corrected chi connectivity index (χ1v) is 8.86. The fourth-order valence-corrected chi connectivity index (χ4v) is 3.14. The highest BCUT2D eigenvalue weighted by Crippen LogP contribution is 2.12. The first-order chi connectivity index (χ1) is 12.2. The molecule has 1 unspecified atom stereocenters. The van der Waals surface area contributed by atoms with Gasteiger partial charge in [0.1, 0.15) is 0 Å². The molecule has 0 aliphatic carbocycles. The summed E-state index contributed by atoms with van der Waals surface area (Å²) in [6, 6.07) is 8.06. The largest absolute Gasteiger partial charge is 0.335 e. The first kappa shape index (κ1) is 17.4. The minimum Gasteiger partial charge on any atom is -0.335 e. The predicted molar refractivity (Wildman–Crippen MR) is 95.9 cm³/mol. The van der Waals surface area contributed by atoms with Gasteiger partial charge in [-0.15, -0.1) is 0 Å². The molecular weight excluding hydrogens is 316 g/mol. The molecule has 25 heavy (non-hydrogen) atoms. The van der Waals surface area contributed by atoms with E-state index in [0.717, 1.165) is 38.2 Å². The fraction of sp³-hybridized carbons (Fsp3) is 0.500. The zero-order chi connectivity index (χ0) is 17.5. The average molecular weight is 342 g/mol. The number of aromatic nitrogens is 3. The van der Waals surface area contributed by atoms with E-state index in [-0.39, 0.29) is 18.1 Å². The molecule has 1 aliphatic rings. The van der Waals surface area contributed by atoms with Crippen molar-refractivity contribution < 1.29 is 4.79 Å². The molecule has 1 fully saturated rings. The number of urea groups is 1. The maximum Gasteiger partial charge on any atom is 0.315 e. The molecule has 134 valence electrons. The van der Waals surface area contributed by atoms with Crippen LogP contribution in [0.25, 0.3) is 0 Å². The van der Waals surface area contributed by atoms with E-state index >= 15 is 0 Å². The van der Waals surface area contributed by atoms with Gasteiger partial charge in [0.25, 0.3) is 0 Å². The second-order valence-electron chi connectivity index (χ2n) is 6.62. The highest BCUT2D eigenvalue weighted by molar-refractivity contribution is 5.74. The van der Waals surface area contributed by atoms with Gasteiger partial charge in [0.15, 0.2) is 0 Å². The second kappa shape index (κ2) is 8.62. The van der Waals surface area contributed by atoms with Crippen LogP contribution in [0.3, 0.4) is 0 Å². The molecule has 0 aromatic carbocycles. The maximum absolute atomic E-state index is 12.1. The average Bonchev–Trinajstić information content (AvgIpc) is 3.10. The number of rotatable bonds is 6. The zero-order valence-electron chi connectivity index (χ0n) is 14.6. The molecule has 7 heteroatoms. The van der Waals surface area contributed by atoms with Gasteiger partial charge in [-0.1, -0.05) is 6.07 Å². The lowest BCUT2D eigenvalue weighted by atomic mass is 10.1. The Morgan fingerprint density at radius 3 is 2.80 bits per heavy atom. The number of carbonyl (C=O) groups excluding carboxylic acids is 1. The van der Waals surface area contributed by atoms with E-state index in [1.807, 2.05) is 42.2 Å². The zero-order valence-corrected chi connectivity index (χ0v) is 14.6. The van der Waals surface area contributed by atoms with Crippen molar-refractivity contribution in [3.05, 3.63) is 48.5 Å². The smallest absolute Gasteiger partial charge is 0.315 e. The molecule has 1 saturated heterocycles. The highest BCUT2D eigenvalue weighted by Gasteiger charge is 2.21. The Hall–Kier alpha value is -2.41. The number of hydrogen-bond donors (Lipinski definition) is 2. The summed E-state index contributed by atoms with van der Waals surface area (Å²) in [6.07, 6.45) is 7.40. The lowest BCUT2D eigenvalue weighted by Gasteiger charge is -2.32. The van der Waals surface area contributed by atoms with E-state index in [9.17, 15) is 4.79 Å². The molecule has 1 atom stereocenters. The minimum atomic E-state index is -0.0946. The summed E-state index contributed by atoms with van der Waals surface area (Å²) in [5.74, 6) is 0. The quantitative estimate of drug-likeness (QED) is 0.837. The SMILES string of the molecule is CC(Cn1cccn1)NC(=O)NC1CCN(Cc2ccccn2)CC1. The van der Waals surface area contributed by atoms with Crippen LogP contribution in [0, 0.1) is 0 Å². The number of amides is 2. The Morgan fingerprint density at radius 1 is 1.28 bits per heavy atom. The van der Waals surface area contributed by atoms with Crippen LogP contribution < -0.4 is 10.6 Å². The van der Waals surface area contributed by atoms with E-state index in [1.165, 1.54) is 0 Å². The number of carbonyl (C=O) groups is 1. The molecule has 2 amide bonds. The number of piperidine rings is 1. The van der Waals surface area contributed by atoms with Crippen LogP contribution in [0.1, 0.15) is 25.5 Å². The Labute approximate surface area is 148 Å². The number of likely N-dealkylation sites (tertiary alicyclic amines) is 1. The highest BCUT2D eigenvalue weighted by atomic mass is 16.2. The van der Waals surface area contributed by atoms with Gasteiger partial charge in [0.05, 0.1) is 12.2 Å². The topological polar surface area (TPSA) is 75.1 Å². The summed E-state index contributed by atoms with van der Waals surface area (Å²) in [5, 5.41) is 10.2. The van der Waals surface area contributed by atoms with Crippen LogP contribution in [0.5, 0.6) is 0 Å². The van der Waals surface area contributed by atoms with Gasteiger partial charge < -0.3 is 10.6 Å². The number of nitrogens with one attached hydrogen (secondary N) is 2. The predicted octanol–water partition coefficient (Wildman–Crippen LogP) is 1.63. The molecule has 2 aromatic heterocycles. The summed E-state index contributed by atoms with van der Waals surface area (Å²) in [6.45, 7) is 5.48. The lowest BCUT2D eigenvalue weighted by molar-refractivity contribution is 0.184. The Bertz CT molecular complexity index is 637. The van der Waals surface area contributed by atoms with Crippen LogP contribution in [0.4, 0.5) is 4.79 Å². The van der Waals surface area contributed by atoms with Crippen molar-refractivity contribution in [1.82, 2.24) is 30.3 Å². The Morgan fingerprint density at radius 2 is 2.12 bits per heavy atom. The van der Waals surface area contributed by atoms with E-state index in [1.54, 1.807) is 6.20 Å². The minimum absolute atomic E-state index is 0.0316.